The number of nitrogens with one attached hydrogen (secondary N) is 1. The van der Waals surface area contributed by atoms with Crippen molar-refractivity contribution in [3.05, 3.63) is 71.3 Å². The number of halogens is 2. The van der Waals surface area contributed by atoms with Crippen LogP contribution in [-0.4, -0.2) is 6.04 Å². The van der Waals surface area contributed by atoms with Gasteiger partial charge in [-0.2, -0.15) is 0 Å². The maximum atomic E-state index is 13.0. The van der Waals surface area contributed by atoms with Gasteiger partial charge in [-0.05, 0) is 42.3 Å². The van der Waals surface area contributed by atoms with Crippen molar-refractivity contribution in [3.63, 3.8) is 0 Å². The average molecular weight is 245 g/mol. The van der Waals surface area contributed by atoms with E-state index in [9.17, 15) is 8.78 Å². The van der Waals surface area contributed by atoms with Crippen molar-refractivity contribution in [2.45, 2.75) is 18.5 Å². The first-order chi connectivity index (χ1) is 8.63. The molecule has 1 aliphatic heterocycles. The molecule has 1 nitrogen and oxygen atoms in total. The van der Waals surface area contributed by atoms with E-state index in [0.717, 1.165) is 11.1 Å². The standard InChI is InChI=1S/C15H13F2N/c1-10-15(18-10,11-2-6-13(16)7-3-11)12-4-8-14(17)9-5-12/h2-10,18H,1H3. The van der Waals surface area contributed by atoms with Gasteiger partial charge in [0.1, 0.15) is 11.6 Å². The van der Waals surface area contributed by atoms with E-state index < -0.39 is 0 Å². The smallest absolute Gasteiger partial charge is 0.123 e. The number of hydrogen-bond acceptors (Lipinski definition) is 1. The molecule has 92 valence electrons. The van der Waals surface area contributed by atoms with Crippen LogP contribution in [0.4, 0.5) is 8.78 Å². The van der Waals surface area contributed by atoms with Gasteiger partial charge in [0.15, 0.2) is 0 Å². The lowest BCUT2D eigenvalue weighted by atomic mass is 9.88. The molecule has 0 aromatic heterocycles. The predicted octanol–water partition coefficient (Wildman–Crippen LogP) is 3.20. The van der Waals surface area contributed by atoms with Gasteiger partial charge in [-0.1, -0.05) is 24.3 Å². The highest BCUT2D eigenvalue weighted by Crippen LogP contribution is 2.43. The molecule has 3 rings (SSSR count). The van der Waals surface area contributed by atoms with Gasteiger partial charge in [0, 0.05) is 6.04 Å². The molecule has 0 amide bonds. The molecular formula is C15H13F2N. The number of hydrogen-bond donors (Lipinski definition) is 1. The zero-order chi connectivity index (χ0) is 12.8. The van der Waals surface area contributed by atoms with Crippen molar-refractivity contribution in [1.82, 2.24) is 5.32 Å². The average Bonchev–Trinajstić information content (AvgIpc) is 3.04. The Bertz CT molecular complexity index is 515. The van der Waals surface area contributed by atoms with Gasteiger partial charge in [0.05, 0.1) is 5.54 Å². The van der Waals surface area contributed by atoms with Gasteiger partial charge < -0.3 is 0 Å². The van der Waals surface area contributed by atoms with Crippen molar-refractivity contribution in [1.29, 1.82) is 0 Å². The minimum absolute atomic E-state index is 0.249. The van der Waals surface area contributed by atoms with E-state index in [4.69, 9.17) is 0 Å². The van der Waals surface area contributed by atoms with Gasteiger partial charge in [-0.3, -0.25) is 5.32 Å². The Balaban J connectivity index is 2.06. The van der Waals surface area contributed by atoms with Crippen LogP contribution < -0.4 is 5.32 Å². The Morgan fingerprint density at radius 1 is 0.833 bits per heavy atom. The van der Waals surface area contributed by atoms with E-state index in [1.807, 2.05) is 0 Å². The van der Waals surface area contributed by atoms with Crippen LogP contribution in [0.2, 0.25) is 0 Å². The van der Waals surface area contributed by atoms with Crippen LogP contribution in [0.1, 0.15) is 18.1 Å². The van der Waals surface area contributed by atoms with Crippen LogP contribution in [-0.2, 0) is 5.54 Å². The minimum atomic E-state index is -0.304. The van der Waals surface area contributed by atoms with E-state index in [2.05, 4.69) is 12.2 Å². The van der Waals surface area contributed by atoms with Crippen LogP contribution in [0, 0.1) is 11.6 Å². The van der Waals surface area contributed by atoms with E-state index in [1.54, 1.807) is 24.3 Å². The molecule has 0 bridgehead atoms. The molecule has 2 aromatic carbocycles. The van der Waals surface area contributed by atoms with E-state index >= 15 is 0 Å². The quantitative estimate of drug-likeness (QED) is 0.806. The topological polar surface area (TPSA) is 21.9 Å². The molecule has 1 fully saturated rings. The molecule has 18 heavy (non-hydrogen) atoms. The van der Waals surface area contributed by atoms with Gasteiger partial charge in [0.25, 0.3) is 0 Å². The molecular weight excluding hydrogens is 232 g/mol. The third kappa shape index (κ3) is 1.63. The first kappa shape index (κ1) is 11.4. The molecule has 1 N–H and O–H groups in total. The second-order valence-corrected chi connectivity index (χ2v) is 4.69. The Kier molecular flexibility index (Phi) is 2.45. The summed E-state index contributed by atoms with van der Waals surface area (Å²) in [5.74, 6) is -0.498. The van der Waals surface area contributed by atoms with Crippen molar-refractivity contribution in [2.24, 2.45) is 0 Å². The molecule has 0 radical (unpaired) electrons. The maximum absolute atomic E-state index is 13.0. The van der Waals surface area contributed by atoms with Crippen molar-refractivity contribution in [2.75, 3.05) is 0 Å². The Labute approximate surface area is 104 Å². The van der Waals surface area contributed by atoms with Gasteiger partial charge >= 0.3 is 0 Å². The normalized spacial score (nSPS) is 20.7. The fourth-order valence-corrected chi connectivity index (χ4v) is 2.56. The third-order valence-corrected chi connectivity index (χ3v) is 3.61. The summed E-state index contributed by atoms with van der Waals surface area (Å²) in [5.41, 5.74) is 1.70. The first-order valence-electron chi connectivity index (χ1n) is 5.93. The van der Waals surface area contributed by atoms with Crippen molar-refractivity contribution in [3.8, 4) is 0 Å². The largest absolute Gasteiger partial charge is 0.297 e. The summed E-state index contributed by atoms with van der Waals surface area (Å²) in [7, 11) is 0. The number of rotatable bonds is 2. The number of benzene rings is 2. The highest BCUT2D eigenvalue weighted by Gasteiger charge is 2.53. The predicted molar refractivity (Wildman–Crippen MR) is 66.2 cm³/mol. The second-order valence-electron chi connectivity index (χ2n) is 4.69. The van der Waals surface area contributed by atoms with E-state index in [-0.39, 0.29) is 23.2 Å². The molecule has 0 spiro atoms. The molecule has 2 aromatic rings. The molecule has 0 saturated carbocycles. The molecule has 1 heterocycles. The summed E-state index contributed by atoms with van der Waals surface area (Å²) in [5, 5.41) is 3.37. The lowest BCUT2D eigenvalue weighted by molar-refractivity contribution is 0.623. The van der Waals surface area contributed by atoms with E-state index in [1.165, 1.54) is 24.3 Å². The zero-order valence-electron chi connectivity index (χ0n) is 9.95. The monoisotopic (exact) mass is 245 g/mol. The molecule has 0 aliphatic carbocycles. The van der Waals surface area contributed by atoms with Crippen molar-refractivity contribution < 1.29 is 8.78 Å². The second kappa shape index (κ2) is 3.89. The van der Waals surface area contributed by atoms with Crippen LogP contribution in [0.15, 0.2) is 48.5 Å². The van der Waals surface area contributed by atoms with Gasteiger partial charge in [0.2, 0.25) is 0 Å². The fraction of sp³-hybridized carbons (Fsp3) is 0.200. The molecule has 3 heteroatoms. The zero-order valence-corrected chi connectivity index (χ0v) is 9.95. The molecule has 1 saturated heterocycles. The SMILES string of the molecule is CC1NC1(c1ccc(F)cc1)c1ccc(F)cc1. The summed E-state index contributed by atoms with van der Waals surface area (Å²) >= 11 is 0. The highest BCUT2D eigenvalue weighted by molar-refractivity contribution is 5.47. The van der Waals surface area contributed by atoms with Gasteiger partial charge in [-0.25, -0.2) is 8.78 Å². The van der Waals surface area contributed by atoms with Crippen LogP contribution >= 0.6 is 0 Å². The lowest BCUT2D eigenvalue weighted by Gasteiger charge is -2.16. The van der Waals surface area contributed by atoms with Crippen molar-refractivity contribution >= 4 is 0 Å². The summed E-state index contributed by atoms with van der Waals surface area (Å²) in [6, 6.07) is 13.2. The lowest BCUT2D eigenvalue weighted by Crippen LogP contribution is -2.16. The molecule has 1 aliphatic rings. The Morgan fingerprint density at radius 2 is 1.17 bits per heavy atom. The Hall–Kier alpha value is -1.74. The summed E-state index contributed by atoms with van der Waals surface area (Å²) in [6.45, 7) is 2.06. The molecule has 1 unspecified atom stereocenters. The van der Waals surface area contributed by atoms with Crippen LogP contribution in [0.5, 0.6) is 0 Å². The van der Waals surface area contributed by atoms with Gasteiger partial charge in [-0.15, -0.1) is 0 Å². The minimum Gasteiger partial charge on any atom is -0.297 e. The summed E-state index contributed by atoms with van der Waals surface area (Å²) in [4.78, 5) is 0. The molecule has 1 atom stereocenters. The first-order valence-corrected chi connectivity index (χ1v) is 5.93. The summed E-state index contributed by atoms with van der Waals surface area (Å²) in [6.07, 6.45) is 0. The fourth-order valence-electron chi connectivity index (χ4n) is 2.56. The Morgan fingerprint density at radius 3 is 1.44 bits per heavy atom. The summed E-state index contributed by atoms with van der Waals surface area (Å²) < 4.78 is 26.0. The van der Waals surface area contributed by atoms with Crippen LogP contribution in [0.3, 0.4) is 0 Å². The van der Waals surface area contributed by atoms with E-state index in [0.29, 0.717) is 0 Å². The maximum Gasteiger partial charge on any atom is 0.123 e. The van der Waals surface area contributed by atoms with Crippen LogP contribution in [0.25, 0.3) is 0 Å². The highest BCUT2D eigenvalue weighted by atomic mass is 19.1. The third-order valence-electron chi connectivity index (χ3n) is 3.61.